The maximum absolute atomic E-state index is 6.17. The van der Waals surface area contributed by atoms with Gasteiger partial charge in [0.2, 0.25) is 0 Å². The Hall–Kier alpha value is -1.79. The first-order valence-electron chi connectivity index (χ1n) is 5.83. The molecule has 5 nitrogen and oxygen atoms in total. The van der Waals surface area contributed by atoms with Crippen molar-refractivity contribution < 1.29 is 4.74 Å². The number of hydrogen-bond acceptors (Lipinski definition) is 5. The van der Waals surface area contributed by atoms with Crippen LogP contribution in [0.1, 0.15) is 0 Å². The highest BCUT2D eigenvalue weighted by molar-refractivity contribution is 7.98. The molecule has 102 valence electrons. The minimum atomic E-state index is 0.403. The average Bonchev–Trinajstić information content (AvgIpc) is 2.91. The largest absolute Gasteiger partial charge is 0.494 e. The average molecular weight is 307 g/mol. The van der Waals surface area contributed by atoms with Gasteiger partial charge in [-0.15, -0.1) is 5.10 Å². The summed E-state index contributed by atoms with van der Waals surface area (Å²) in [6, 6.07) is 7.62. The molecule has 0 saturated heterocycles. The molecule has 0 aliphatic heterocycles. The minimum Gasteiger partial charge on any atom is -0.494 e. The molecule has 0 radical (unpaired) electrons. The topological polar surface area (TPSA) is 52.8 Å². The lowest BCUT2D eigenvalue weighted by Crippen LogP contribution is -1.98. The monoisotopic (exact) mass is 306 g/mol. The van der Waals surface area contributed by atoms with Crippen LogP contribution in [0.2, 0.25) is 5.15 Å². The number of aromatic nitrogens is 4. The number of rotatable bonds is 3. The van der Waals surface area contributed by atoms with Crippen molar-refractivity contribution in [2.75, 3.05) is 13.4 Å². The molecule has 0 aliphatic rings. The second kappa shape index (κ2) is 5.30. The van der Waals surface area contributed by atoms with E-state index in [-0.39, 0.29) is 0 Å². The number of halogens is 1. The van der Waals surface area contributed by atoms with Gasteiger partial charge in [-0.2, -0.15) is 0 Å². The molecule has 3 rings (SSSR count). The highest BCUT2D eigenvalue weighted by Gasteiger charge is 2.12. The van der Waals surface area contributed by atoms with Gasteiger partial charge in [0, 0.05) is 6.20 Å². The van der Waals surface area contributed by atoms with Gasteiger partial charge in [0.15, 0.2) is 10.8 Å². The van der Waals surface area contributed by atoms with Crippen molar-refractivity contribution in [3.8, 4) is 11.4 Å². The molecule has 0 unspecified atom stereocenters. The normalized spacial score (nSPS) is 10.9. The Morgan fingerprint density at radius 1 is 1.25 bits per heavy atom. The fraction of sp³-hybridized carbons (Fsp3) is 0.154. The lowest BCUT2D eigenvalue weighted by atomic mass is 10.3. The Labute approximate surface area is 124 Å². The minimum absolute atomic E-state index is 0.403. The van der Waals surface area contributed by atoms with Crippen molar-refractivity contribution in [1.82, 2.24) is 19.7 Å². The Kier molecular flexibility index (Phi) is 3.50. The molecule has 7 heteroatoms. The van der Waals surface area contributed by atoms with Crippen LogP contribution in [0.25, 0.3) is 16.7 Å². The zero-order valence-corrected chi connectivity index (χ0v) is 12.4. The fourth-order valence-electron chi connectivity index (χ4n) is 1.89. The summed E-state index contributed by atoms with van der Waals surface area (Å²) in [4.78, 5) is 8.55. The summed E-state index contributed by atoms with van der Waals surface area (Å²) in [7, 11) is 1.63. The second-order valence-electron chi connectivity index (χ2n) is 3.98. The third-order valence-electron chi connectivity index (χ3n) is 2.83. The molecule has 0 atom stereocenters. The lowest BCUT2D eigenvalue weighted by Gasteiger charge is -2.06. The number of ether oxygens (including phenoxy) is 1. The van der Waals surface area contributed by atoms with E-state index in [2.05, 4.69) is 15.1 Å². The summed E-state index contributed by atoms with van der Waals surface area (Å²) in [6.07, 6.45) is 3.70. The van der Waals surface area contributed by atoms with E-state index in [0.29, 0.717) is 16.0 Å². The number of para-hydroxylation sites is 2. The highest BCUT2D eigenvalue weighted by atomic mass is 35.5. The van der Waals surface area contributed by atoms with Crippen molar-refractivity contribution >= 4 is 34.4 Å². The molecule has 0 amide bonds. The first kappa shape index (κ1) is 13.2. The van der Waals surface area contributed by atoms with E-state index in [9.17, 15) is 0 Å². The SMILES string of the molecule is COc1ccccc1-n1cc2c(Cl)nc(SC)nc2n1. The molecule has 0 aliphatic carbocycles. The van der Waals surface area contributed by atoms with Gasteiger partial charge in [-0.05, 0) is 18.4 Å². The van der Waals surface area contributed by atoms with E-state index in [4.69, 9.17) is 16.3 Å². The number of benzene rings is 1. The summed E-state index contributed by atoms with van der Waals surface area (Å²) in [5, 5.41) is 6.17. The number of fused-ring (bicyclic) bond motifs is 1. The van der Waals surface area contributed by atoms with E-state index in [1.54, 1.807) is 18.0 Å². The second-order valence-corrected chi connectivity index (χ2v) is 5.12. The molecule has 0 spiro atoms. The summed E-state index contributed by atoms with van der Waals surface area (Å²) in [6.45, 7) is 0. The summed E-state index contributed by atoms with van der Waals surface area (Å²) < 4.78 is 7.04. The van der Waals surface area contributed by atoms with Gasteiger partial charge >= 0.3 is 0 Å². The molecule has 1 aromatic carbocycles. The smallest absolute Gasteiger partial charge is 0.190 e. The predicted molar refractivity (Wildman–Crippen MR) is 80.0 cm³/mol. The van der Waals surface area contributed by atoms with Crippen LogP contribution in [0, 0.1) is 0 Å². The standard InChI is InChI=1S/C13H11ClN4OS/c1-19-10-6-4-3-5-9(10)18-7-8-11(14)15-13(20-2)16-12(8)17-18/h3-7H,1-2H3. The number of thioether (sulfide) groups is 1. The van der Waals surface area contributed by atoms with Crippen LogP contribution in [-0.4, -0.2) is 33.1 Å². The van der Waals surface area contributed by atoms with Gasteiger partial charge in [-0.25, -0.2) is 14.6 Å². The zero-order valence-electron chi connectivity index (χ0n) is 10.9. The first-order chi connectivity index (χ1) is 9.72. The molecule has 3 aromatic rings. The van der Waals surface area contributed by atoms with Gasteiger partial charge in [-0.3, -0.25) is 0 Å². The quantitative estimate of drug-likeness (QED) is 0.422. The third kappa shape index (κ3) is 2.21. The van der Waals surface area contributed by atoms with E-state index in [0.717, 1.165) is 16.8 Å². The van der Waals surface area contributed by atoms with E-state index < -0.39 is 0 Å². The summed E-state index contributed by atoms with van der Waals surface area (Å²) in [5.41, 5.74) is 1.40. The zero-order chi connectivity index (χ0) is 14.1. The third-order valence-corrected chi connectivity index (χ3v) is 3.66. The first-order valence-corrected chi connectivity index (χ1v) is 7.43. The molecule has 0 N–H and O–H groups in total. The summed E-state index contributed by atoms with van der Waals surface area (Å²) in [5.74, 6) is 0.731. The Morgan fingerprint density at radius 2 is 2.05 bits per heavy atom. The molecule has 0 fully saturated rings. The van der Waals surface area contributed by atoms with Gasteiger partial charge in [0.05, 0.1) is 12.5 Å². The van der Waals surface area contributed by atoms with Crippen LogP contribution in [0.15, 0.2) is 35.6 Å². The Bertz CT molecular complexity index is 774. The molecular formula is C13H11ClN4OS. The highest BCUT2D eigenvalue weighted by Crippen LogP contribution is 2.26. The molecule has 0 saturated carbocycles. The summed E-state index contributed by atoms with van der Waals surface area (Å²) >= 11 is 7.60. The van der Waals surface area contributed by atoms with Crippen molar-refractivity contribution in [3.05, 3.63) is 35.6 Å². The van der Waals surface area contributed by atoms with E-state index >= 15 is 0 Å². The predicted octanol–water partition coefficient (Wildman–Crippen LogP) is 3.20. The lowest BCUT2D eigenvalue weighted by molar-refractivity contribution is 0.412. The molecule has 2 heterocycles. The van der Waals surface area contributed by atoms with Crippen molar-refractivity contribution in [2.45, 2.75) is 5.16 Å². The van der Waals surface area contributed by atoms with Crippen molar-refractivity contribution in [1.29, 1.82) is 0 Å². The number of nitrogens with zero attached hydrogens (tertiary/aromatic N) is 4. The fourth-order valence-corrected chi connectivity index (χ4v) is 2.51. The number of methoxy groups -OCH3 is 1. The van der Waals surface area contributed by atoms with Gasteiger partial charge in [-0.1, -0.05) is 35.5 Å². The van der Waals surface area contributed by atoms with Crippen molar-refractivity contribution in [2.24, 2.45) is 0 Å². The molecule has 0 bridgehead atoms. The van der Waals surface area contributed by atoms with Gasteiger partial charge < -0.3 is 4.74 Å². The maximum atomic E-state index is 6.17. The van der Waals surface area contributed by atoms with Crippen LogP contribution in [-0.2, 0) is 0 Å². The maximum Gasteiger partial charge on any atom is 0.190 e. The van der Waals surface area contributed by atoms with Crippen LogP contribution in [0.3, 0.4) is 0 Å². The van der Waals surface area contributed by atoms with Crippen LogP contribution < -0.4 is 4.74 Å². The van der Waals surface area contributed by atoms with Crippen LogP contribution >= 0.6 is 23.4 Å². The van der Waals surface area contributed by atoms with E-state index in [1.807, 2.05) is 30.5 Å². The Balaban J connectivity index is 2.20. The molecular weight excluding hydrogens is 296 g/mol. The van der Waals surface area contributed by atoms with E-state index in [1.165, 1.54) is 11.8 Å². The van der Waals surface area contributed by atoms with Gasteiger partial charge in [0.25, 0.3) is 0 Å². The van der Waals surface area contributed by atoms with Crippen molar-refractivity contribution in [3.63, 3.8) is 0 Å². The molecule has 20 heavy (non-hydrogen) atoms. The van der Waals surface area contributed by atoms with Crippen LogP contribution in [0.5, 0.6) is 5.75 Å². The molecule has 2 aromatic heterocycles. The number of hydrogen-bond donors (Lipinski definition) is 0. The van der Waals surface area contributed by atoms with Crippen LogP contribution in [0.4, 0.5) is 0 Å². The van der Waals surface area contributed by atoms with Gasteiger partial charge in [0.1, 0.15) is 16.6 Å². The Morgan fingerprint density at radius 3 is 2.80 bits per heavy atom.